The number of hydrogen-bond donors (Lipinski definition) is 2. The van der Waals surface area contributed by atoms with Crippen molar-refractivity contribution < 1.29 is 29.3 Å². The Hall–Kier alpha value is -1.14. The van der Waals surface area contributed by atoms with Crippen LogP contribution in [0.25, 0.3) is 0 Å². The quantitative estimate of drug-likeness (QED) is 0.585. The zero-order chi connectivity index (χ0) is 14.3. The highest BCUT2D eigenvalue weighted by Gasteiger charge is 2.46. The van der Waals surface area contributed by atoms with Gasteiger partial charge < -0.3 is 19.7 Å². The molecule has 0 bridgehead atoms. The molecule has 6 atom stereocenters. The molecule has 112 valence electrons. The van der Waals surface area contributed by atoms with Crippen molar-refractivity contribution in [3.63, 3.8) is 0 Å². The molecule has 1 saturated heterocycles. The molecule has 20 heavy (non-hydrogen) atoms. The molecule has 0 aromatic rings. The van der Waals surface area contributed by atoms with Crippen LogP contribution >= 0.6 is 0 Å². The number of aliphatic hydroxyl groups excluding tert-OH is 1. The van der Waals surface area contributed by atoms with Gasteiger partial charge in [-0.1, -0.05) is 0 Å². The first kappa shape index (κ1) is 13.8. The minimum atomic E-state index is -0.891. The highest BCUT2D eigenvalue weighted by atomic mass is 16.6. The molecule has 2 N–H and O–H groups in total. The summed E-state index contributed by atoms with van der Waals surface area (Å²) in [5.41, 5.74) is 0. The number of hydrogen-bond acceptors (Lipinski definition) is 5. The molecule has 1 aliphatic heterocycles. The summed E-state index contributed by atoms with van der Waals surface area (Å²) in [5, 5.41) is 18.9. The summed E-state index contributed by atoms with van der Waals surface area (Å²) in [4.78, 5) is 23.0. The van der Waals surface area contributed by atoms with Crippen LogP contribution in [-0.2, 0) is 19.1 Å². The first-order valence-electron chi connectivity index (χ1n) is 7.31. The van der Waals surface area contributed by atoms with Crippen molar-refractivity contribution in [3.05, 3.63) is 0 Å². The Labute approximate surface area is 117 Å². The molecule has 2 aliphatic carbocycles. The van der Waals surface area contributed by atoms with E-state index in [0.717, 1.165) is 12.8 Å². The number of carboxylic acids is 1. The third kappa shape index (κ3) is 2.81. The second-order valence-corrected chi connectivity index (χ2v) is 6.11. The van der Waals surface area contributed by atoms with E-state index in [1.54, 1.807) is 0 Å². The van der Waals surface area contributed by atoms with Crippen LogP contribution in [0.1, 0.15) is 38.5 Å². The normalized spacial score (nSPS) is 43.5. The molecule has 0 spiro atoms. The lowest BCUT2D eigenvalue weighted by molar-refractivity contribution is -0.166. The topological polar surface area (TPSA) is 96.4 Å². The molecule has 2 saturated carbocycles. The Morgan fingerprint density at radius 1 is 1.00 bits per heavy atom. The van der Waals surface area contributed by atoms with Crippen LogP contribution in [0, 0.1) is 11.8 Å². The third-order valence-electron chi connectivity index (χ3n) is 4.71. The van der Waals surface area contributed by atoms with Gasteiger partial charge in [-0.05, 0) is 38.5 Å². The summed E-state index contributed by atoms with van der Waals surface area (Å²) in [6.07, 6.45) is 2.54. The smallest absolute Gasteiger partial charge is 0.309 e. The van der Waals surface area contributed by atoms with E-state index in [-0.39, 0.29) is 24.4 Å². The number of carbonyl (C=O) groups is 2. The summed E-state index contributed by atoms with van der Waals surface area (Å²) < 4.78 is 10.8. The maximum atomic E-state index is 12.1. The van der Waals surface area contributed by atoms with E-state index in [0.29, 0.717) is 25.4 Å². The van der Waals surface area contributed by atoms with Crippen LogP contribution in [0.5, 0.6) is 0 Å². The van der Waals surface area contributed by atoms with E-state index in [9.17, 15) is 14.7 Å². The lowest BCUT2D eigenvalue weighted by atomic mass is 9.85. The number of epoxide rings is 1. The summed E-state index contributed by atoms with van der Waals surface area (Å²) in [6, 6.07) is 0. The number of carboxylic acid groups (broad SMARTS) is 1. The predicted octanol–water partition coefficient (Wildman–Crippen LogP) is 0.711. The lowest BCUT2D eigenvalue weighted by Gasteiger charge is -2.32. The van der Waals surface area contributed by atoms with E-state index >= 15 is 0 Å². The number of rotatable bonds is 3. The van der Waals surface area contributed by atoms with Crippen molar-refractivity contribution in [2.75, 3.05) is 0 Å². The fourth-order valence-electron chi connectivity index (χ4n) is 3.34. The SMILES string of the molecule is O=C(O)C1CCC(OC(=O)C2CCC3OC3C2)C(O)C1. The van der Waals surface area contributed by atoms with Gasteiger partial charge in [0.1, 0.15) is 6.10 Å². The number of ether oxygens (including phenoxy) is 2. The zero-order valence-electron chi connectivity index (χ0n) is 11.2. The van der Waals surface area contributed by atoms with Gasteiger partial charge in [-0.3, -0.25) is 9.59 Å². The Morgan fingerprint density at radius 2 is 1.75 bits per heavy atom. The molecule has 3 rings (SSSR count). The molecule has 0 aromatic heterocycles. The van der Waals surface area contributed by atoms with Crippen LogP contribution in [0.4, 0.5) is 0 Å². The van der Waals surface area contributed by atoms with Gasteiger partial charge in [0.25, 0.3) is 0 Å². The summed E-state index contributed by atoms with van der Waals surface area (Å²) >= 11 is 0. The van der Waals surface area contributed by atoms with Crippen LogP contribution in [-0.4, -0.2) is 46.6 Å². The molecule has 1 heterocycles. The summed E-state index contributed by atoms with van der Waals surface area (Å²) in [6.45, 7) is 0. The lowest BCUT2D eigenvalue weighted by Crippen LogP contribution is -2.40. The van der Waals surface area contributed by atoms with Crippen LogP contribution < -0.4 is 0 Å². The first-order valence-corrected chi connectivity index (χ1v) is 7.31. The van der Waals surface area contributed by atoms with Gasteiger partial charge in [0.2, 0.25) is 0 Å². The van der Waals surface area contributed by atoms with Gasteiger partial charge in [0.15, 0.2) is 0 Å². The van der Waals surface area contributed by atoms with Crippen molar-refractivity contribution in [2.24, 2.45) is 11.8 Å². The Morgan fingerprint density at radius 3 is 2.40 bits per heavy atom. The number of esters is 1. The molecular formula is C14H20O6. The largest absolute Gasteiger partial charge is 0.481 e. The maximum absolute atomic E-state index is 12.1. The van der Waals surface area contributed by atoms with Crippen LogP contribution in [0.3, 0.4) is 0 Å². The Bertz CT molecular complexity index is 408. The second kappa shape index (κ2) is 5.33. The highest BCUT2D eigenvalue weighted by molar-refractivity contribution is 5.73. The molecule has 6 nitrogen and oxygen atoms in total. The van der Waals surface area contributed by atoms with E-state index in [1.807, 2.05) is 0 Å². The van der Waals surface area contributed by atoms with Crippen molar-refractivity contribution >= 4 is 11.9 Å². The molecule has 6 heteroatoms. The third-order valence-corrected chi connectivity index (χ3v) is 4.71. The van der Waals surface area contributed by atoms with Gasteiger partial charge in [-0.15, -0.1) is 0 Å². The molecular weight excluding hydrogens is 264 g/mol. The predicted molar refractivity (Wildman–Crippen MR) is 66.9 cm³/mol. The second-order valence-electron chi connectivity index (χ2n) is 6.11. The van der Waals surface area contributed by atoms with E-state index < -0.39 is 24.1 Å². The van der Waals surface area contributed by atoms with Gasteiger partial charge in [0, 0.05) is 0 Å². The first-order chi connectivity index (χ1) is 9.54. The van der Waals surface area contributed by atoms with Gasteiger partial charge in [-0.2, -0.15) is 0 Å². The number of aliphatic carboxylic acids is 1. The van der Waals surface area contributed by atoms with E-state index in [1.165, 1.54) is 0 Å². The Kier molecular flexibility index (Phi) is 3.69. The fraction of sp³-hybridized carbons (Fsp3) is 0.857. The molecule has 6 unspecified atom stereocenters. The van der Waals surface area contributed by atoms with Gasteiger partial charge >= 0.3 is 11.9 Å². The average Bonchev–Trinajstić information content (AvgIpc) is 3.18. The van der Waals surface area contributed by atoms with E-state index in [4.69, 9.17) is 14.6 Å². The monoisotopic (exact) mass is 284 g/mol. The molecule has 3 fully saturated rings. The highest BCUT2D eigenvalue weighted by Crippen LogP contribution is 2.40. The molecule has 0 amide bonds. The molecule has 0 aromatic carbocycles. The molecule has 3 aliphatic rings. The van der Waals surface area contributed by atoms with E-state index in [2.05, 4.69) is 0 Å². The van der Waals surface area contributed by atoms with Crippen LogP contribution in [0.15, 0.2) is 0 Å². The zero-order valence-corrected chi connectivity index (χ0v) is 11.2. The number of carbonyl (C=O) groups excluding carboxylic acids is 1. The Balaban J connectivity index is 1.50. The van der Waals surface area contributed by atoms with Crippen molar-refractivity contribution in [1.29, 1.82) is 0 Å². The summed E-state index contributed by atoms with van der Waals surface area (Å²) in [7, 11) is 0. The van der Waals surface area contributed by atoms with Gasteiger partial charge in [-0.25, -0.2) is 0 Å². The minimum Gasteiger partial charge on any atom is -0.481 e. The fourth-order valence-corrected chi connectivity index (χ4v) is 3.34. The average molecular weight is 284 g/mol. The summed E-state index contributed by atoms with van der Waals surface area (Å²) in [5.74, 6) is -1.83. The minimum absolute atomic E-state index is 0.136. The standard InChI is InChI=1S/C14H20O6/c15-9-5-7(13(16)17)1-3-10(9)20-14(18)8-2-4-11-12(6-8)19-11/h7-12,15H,1-6H2,(H,16,17). The van der Waals surface area contributed by atoms with Crippen molar-refractivity contribution in [1.82, 2.24) is 0 Å². The molecule has 0 radical (unpaired) electrons. The maximum Gasteiger partial charge on any atom is 0.309 e. The van der Waals surface area contributed by atoms with Gasteiger partial charge in [0.05, 0.1) is 30.1 Å². The van der Waals surface area contributed by atoms with Crippen molar-refractivity contribution in [2.45, 2.75) is 62.9 Å². The number of aliphatic hydroxyl groups is 1. The van der Waals surface area contributed by atoms with Crippen LogP contribution in [0.2, 0.25) is 0 Å². The van der Waals surface area contributed by atoms with Crippen molar-refractivity contribution in [3.8, 4) is 0 Å². The number of fused-ring (bicyclic) bond motifs is 1.